The van der Waals surface area contributed by atoms with Crippen molar-refractivity contribution in [2.24, 2.45) is 5.10 Å². The number of nitro benzene ring substituents is 1. The molecule has 0 unspecified atom stereocenters. The van der Waals surface area contributed by atoms with Gasteiger partial charge in [-0.3, -0.25) is 10.1 Å². The van der Waals surface area contributed by atoms with Gasteiger partial charge in [-0.25, -0.2) is 5.01 Å². The number of non-ortho nitro benzene ring substituents is 1. The van der Waals surface area contributed by atoms with Gasteiger partial charge in [0.2, 0.25) is 6.23 Å². The van der Waals surface area contributed by atoms with Crippen LogP contribution in [0.25, 0.3) is 10.8 Å². The van der Waals surface area contributed by atoms with Gasteiger partial charge in [0.1, 0.15) is 5.75 Å². The average molecular weight is 490 g/mol. The van der Waals surface area contributed by atoms with Crippen LogP contribution >= 0.6 is 23.2 Å². The monoisotopic (exact) mass is 489 g/mol. The van der Waals surface area contributed by atoms with Crippen LogP contribution in [0.2, 0.25) is 10.0 Å². The number of hydrazone groups is 1. The molecule has 2 aliphatic heterocycles. The lowest BCUT2D eigenvalue weighted by molar-refractivity contribution is -0.384. The van der Waals surface area contributed by atoms with Gasteiger partial charge in [-0.1, -0.05) is 59.6 Å². The summed E-state index contributed by atoms with van der Waals surface area (Å²) in [4.78, 5) is 10.7. The zero-order chi connectivity index (χ0) is 23.4. The van der Waals surface area contributed by atoms with Gasteiger partial charge in [-0.15, -0.1) is 0 Å². The smallest absolute Gasteiger partial charge is 0.269 e. The molecular weight excluding hydrogens is 473 g/mol. The van der Waals surface area contributed by atoms with E-state index < -0.39 is 11.2 Å². The third-order valence-corrected chi connectivity index (χ3v) is 6.78. The van der Waals surface area contributed by atoms with Crippen LogP contribution < -0.4 is 4.74 Å². The van der Waals surface area contributed by atoms with E-state index >= 15 is 0 Å². The predicted octanol–water partition coefficient (Wildman–Crippen LogP) is 7.30. The van der Waals surface area contributed by atoms with Crippen molar-refractivity contribution in [3.8, 4) is 5.75 Å². The maximum atomic E-state index is 11.1. The van der Waals surface area contributed by atoms with Crippen LogP contribution in [-0.2, 0) is 0 Å². The van der Waals surface area contributed by atoms with E-state index in [-0.39, 0.29) is 11.7 Å². The second-order valence-electron chi connectivity index (χ2n) is 8.33. The van der Waals surface area contributed by atoms with Crippen LogP contribution in [0.3, 0.4) is 0 Å². The first-order valence-corrected chi connectivity index (χ1v) is 11.5. The summed E-state index contributed by atoms with van der Waals surface area (Å²) in [6, 6.07) is 24.2. The minimum Gasteiger partial charge on any atom is -0.463 e. The molecule has 2 heterocycles. The van der Waals surface area contributed by atoms with E-state index in [0.29, 0.717) is 22.2 Å². The summed E-state index contributed by atoms with van der Waals surface area (Å²) in [6.07, 6.45) is 0.0596. The first kappa shape index (κ1) is 21.0. The summed E-state index contributed by atoms with van der Waals surface area (Å²) < 4.78 is 6.33. The minimum absolute atomic E-state index is 0.0168. The van der Waals surface area contributed by atoms with Gasteiger partial charge >= 0.3 is 0 Å². The highest BCUT2D eigenvalue weighted by Gasteiger charge is 2.42. The number of ether oxygens (including phenoxy) is 1. The van der Waals surface area contributed by atoms with Crippen molar-refractivity contribution in [1.29, 1.82) is 0 Å². The molecule has 4 aromatic carbocycles. The number of nitro groups is 1. The fraction of sp³-hybridized carbons (Fsp3) is 0.115. The Kier molecular flexibility index (Phi) is 4.94. The number of halogens is 2. The largest absolute Gasteiger partial charge is 0.463 e. The number of hydrogen-bond donors (Lipinski definition) is 0. The Labute approximate surface area is 205 Å². The summed E-state index contributed by atoms with van der Waals surface area (Å²) in [7, 11) is 0. The van der Waals surface area contributed by atoms with E-state index in [2.05, 4.69) is 30.3 Å². The SMILES string of the molecule is O=[N+]([O-])c1ccc([C@H]2Oc3c(Cl)cc(Cl)cc3[C@H]3CC(c4ccc5ccccc5c4)=NN32)cc1. The molecular formula is C26H17Cl2N3O3. The van der Waals surface area contributed by atoms with Crippen molar-refractivity contribution in [2.45, 2.75) is 18.7 Å². The Morgan fingerprint density at radius 2 is 1.74 bits per heavy atom. The van der Waals surface area contributed by atoms with Gasteiger partial charge in [-0.05, 0) is 46.7 Å². The molecule has 0 fully saturated rings. The fourth-order valence-electron chi connectivity index (χ4n) is 4.64. The van der Waals surface area contributed by atoms with Crippen LogP contribution in [0, 0.1) is 10.1 Å². The van der Waals surface area contributed by atoms with E-state index in [4.69, 9.17) is 33.0 Å². The molecule has 0 radical (unpaired) electrons. The molecule has 168 valence electrons. The van der Waals surface area contributed by atoms with Gasteiger partial charge in [0, 0.05) is 34.7 Å². The van der Waals surface area contributed by atoms with Crippen LogP contribution in [0.15, 0.2) is 84.0 Å². The Morgan fingerprint density at radius 1 is 0.971 bits per heavy atom. The van der Waals surface area contributed by atoms with Crippen molar-refractivity contribution in [1.82, 2.24) is 5.01 Å². The van der Waals surface area contributed by atoms with Gasteiger partial charge in [0.05, 0.1) is 21.7 Å². The zero-order valence-corrected chi connectivity index (χ0v) is 19.2. The quantitative estimate of drug-likeness (QED) is 0.223. The van der Waals surface area contributed by atoms with Crippen molar-refractivity contribution in [2.75, 3.05) is 0 Å². The number of hydrogen-bond acceptors (Lipinski definition) is 5. The van der Waals surface area contributed by atoms with E-state index in [1.54, 1.807) is 18.2 Å². The molecule has 34 heavy (non-hydrogen) atoms. The molecule has 0 saturated heterocycles. The number of fused-ring (bicyclic) bond motifs is 4. The molecule has 0 spiro atoms. The van der Waals surface area contributed by atoms with Crippen molar-refractivity contribution >= 4 is 45.4 Å². The Balaban J connectivity index is 1.45. The maximum absolute atomic E-state index is 11.1. The molecule has 0 bridgehead atoms. The molecule has 8 heteroatoms. The molecule has 6 rings (SSSR count). The summed E-state index contributed by atoms with van der Waals surface area (Å²) in [6.45, 7) is 0. The lowest BCUT2D eigenvalue weighted by Gasteiger charge is -2.38. The standard InChI is InChI=1S/C26H17Cl2N3O3/c27-19-12-21-24-14-23(18-6-5-15-3-1-2-4-17(15)11-18)29-30(24)26(34-25(21)22(28)13-19)16-7-9-20(10-8-16)31(32)33/h1-13,24,26H,14H2/t24-,26-/m1/s1. The third-order valence-electron chi connectivity index (χ3n) is 6.28. The van der Waals surface area contributed by atoms with E-state index in [1.807, 2.05) is 23.2 Å². The van der Waals surface area contributed by atoms with Crippen molar-refractivity contribution in [3.05, 3.63) is 116 Å². The molecule has 0 aromatic heterocycles. The highest BCUT2D eigenvalue weighted by molar-refractivity contribution is 6.35. The summed E-state index contributed by atoms with van der Waals surface area (Å²) in [5, 5.41) is 21.2. The Morgan fingerprint density at radius 3 is 2.50 bits per heavy atom. The number of nitrogens with zero attached hydrogens (tertiary/aromatic N) is 3. The van der Waals surface area contributed by atoms with Crippen LogP contribution in [0.1, 0.15) is 35.4 Å². The van der Waals surface area contributed by atoms with Gasteiger partial charge in [-0.2, -0.15) is 5.10 Å². The molecule has 6 nitrogen and oxygen atoms in total. The average Bonchev–Trinajstić information content (AvgIpc) is 3.29. The summed E-state index contributed by atoms with van der Waals surface area (Å²) >= 11 is 12.9. The second kappa shape index (κ2) is 8.01. The van der Waals surface area contributed by atoms with Crippen LogP contribution in [0.5, 0.6) is 5.75 Å². The molecule has 0 aliphatic carbocycles. The Bertz CT molecular complexity index is 1490. The second-order valence-corrected chi connectivity index (χ2v) is 9.18. The summed E-state index contributed by atoms with van der Waals surface area (Å²) in [5.41, 5.74) is 3.59. The van der Waals surface area contributed by atoms with Crippen LogP contribution in [-0.4, -0.2) is 15.6 Å². The first-order valence-electron chi connectivity index (χ1n) is 10.7. The highest BCUT2D eigenvalue weighted by Crippen LogP contribution is 2.51. The lowest BCUT2D eigenvalue weighted by Crippen LogP contribution is -2.33. The lowest BCUT2D eigenvalue weighted by atomic mass is 9.95. The molecule has 4 aromatic rings. The van der Waals surface area contributed by atoms with Gasteiger partial charge in [0.25, 0.3) is 5.69 Å². The third kappa shape index (κ3) is 3.47. The predicted molar refractivity (Wildman–Crippen MR) is 133 cm³/mol. The molecule has 0 N–H and O–H groups in total. The molecule has 2 aliphatic rings. The van der Waals surface area contributed by atoms with E-state index in [0.717, 1.165) is 27.8 Å². The van der Waals surface area contributed by atoms with Crippen molar-refractivity contribution in [3.63, 3.8) is 0 Å². The van der Waals surface area contributed by atoms with E-state index in [9.17, 15) is 10.1 Å². The number of benzene rings is 4. The zero-order valence-electron chi connectivity index (χ0n) is 17.7. The minimum atomic E-state index is -0.588. The number of rotatable bonds is 3. The molecule has 2 atom stereocenters. The normalized spacial score (nSPS) is 18.8. The van der Waals surface area contributed by atoms with Crippen LogP contribution in [0.4, 0.5) is 5.69 Å². The molecule has 0 saturated carbocycles. The highest BCUT2D eigenvalue weighted by atomic mass is 35.5. The summed E-state index contributed by atoms with van der Waals surface area (Å²) in [5.74, 6) is 0.561. The van der Waals surface area contributed by atoms with Gasteiger partial charge in [0.15, 0.2) is 0 Å². The van der Waals surface area contributed by atoms with Crippen molar-refractivity contribution < 1.29 is 9.66 Å². The topological polar surface area (TPSA) is 68.0 Å². The molecule has 0 amide bonds. The van der Waals surface area contributed by atoms with Gasteiger partial charge < -0.3 is 4.74 Å². The Hall–Kier alpha value is -3.61. The first-order chi connectivity index (χ1) is 16.5. The maximum Gasteiger partial charge on any atom is 0.269 e. The fourth-order valence-corrected chi connectivity index (χ4v) is 5.19. The van der Waals surface area contributed by atoms with E-state index in [1.165, 1.54) is 17.5 Å².